The predicted molar refractivity (Wildman–Crippen MR) is 153 cm³/mol. The maximum Gasteiger partial charge on any atom is 0.508 e. The molecule has 4 unspecified atom stereocenters. The summed E-state index contributed by atoms with van der Waals surface area (Å²) >= 11 is 0. The van der Waals surface area contributed by atoms with Crippen molar-refractivity contribution in [2.45, 2.75) is 92.6 Å². The second-order valence-corrected chi connectivity index (χ2v) is 11.6. The van der Waals surface area contributed by atoms with Crippen molar-refractivity contribution < 1.29 is 59.2 Å². The molecule has 0 spiro atoms. The number of ether oxygens (including phenoxy) is 6. The van der Waals surface area contributed by atoms with Crippen LogP contribution in [0.3, 0.4) is 0 Å². The van der Waals surface area contributed by atoms with E-state index in [9.17, 15) is 29.4 Å². The second-order valence-electron chi connectivity index (χ2n) is 11.6. The number of carbonyl (C=O) groups excluding carboxylic acids is 4. The molecule has 0 aromatic heterocycles. The first-order chi connectivity index (χ1) is 19.0. The van der Waals surface area contributed by atoms with Crippen molar-refractivity contribution in [3.8, 4) is 0 Å². The predicted octanol–water partition coefficient (Wildman–Crippen LogP) is 2.18. The van der Waals surface area contributed by atoms with Crippen LogP contribution in [0.4, 0.5) is 19.2 Å². The number of hydrogen-bond acceptors (Lipinski definition) is 14. The first-order valence-corrected chi connectivity index (χ1v) is 13.2. The van der Waals surface area contributed by atoms with Crippen LogP contribution >= 0.6 is 0 Å². The fourth-order valence-electron chi connectivity index (χ4n) is 3.45. The second kappa shape index (κ2) is 20.7. The first kappa shape index (κ1) is 41.1. The molecule has 250 valence electrons. The average molecular weight is 616 g/mol. The summed E-state index contributed by atoms with van der Waals surface area (Å²) in [6, 6.07) is 0. The number of aliphatic hydroxyl groups is 2. The molecule has 42 heavy (non-hydrogen) atoms. The molecule has 2 rings (SSSR count). The van der Waals surface area contributed by atoms with E-state index in [0.29, 0.717) is 19.3 Å². The van der Waals surface area contributed by atoms with Crippen LogP contribution in [0.2, 0.25) is 0 Å². The fraction of sp³-hybridized carbons (Fsp3) is 0.846. The third-order valence-electron chi connectivity index (χ3n) is 4.86. The number of alkyl carbamates (subject to hydrolysis) is 2. The number of nitrogens with two attached hydrogens (primary N) is 2. The van der Waals surface area contributed by atoms with Gasteiger partial charge in [-0.1, -0.05) is 49.0 Å². The highest BCUT2D eigenvalue weighted by Gasteiger charge is 2.33. The summed E-state index contributed by atoms with van der Waals surface area (Å²) < 4.78 is 28.6. The molecule has 2 saturated heterocycles. The van der Waals surface area contributed by atoms with Crippen LogP contribution in [0.1, 0.15) is 69.7 Å². The molecule has 0 saturated carbocycles. The summed E-state index contributed by atoms with van der Waals surface area (Å²) in [5.41, 5.74) is 9.09. The van der Waals surface area contributed by atoms with Crippen molar-refractivity contribution in [2.24, 2.45) is 22.3 Å². The zero-order chi connectivity index (χ0) is 31.6. The van der Waals surface area contributed by atoms with E-state index in [1.807, 2.05) is 41.5 Å². The number of carbonyl (C=O) groups is 4. The Labute approximate surface area is 249 Å². The highest BCUT2D eigenvalue weighted by molar-refractivity contribution is 5.70. The van der Waals surface area contributed by atoms with Gasteiger partial charge in [0.15, 0.2) is 0 Å². The van der Waals surface area contributed by atoms with Crippen LogP contribution in [-0.4, -0.2) is 98.9 Å². The quantitative estimate of drug-likeness (QED) is 0.117. The van der Waals surface area contributed by atoms with Gasteiger partial charge in [0.05, 0.1) is 19.4 Å². The van der Waals surface area contributed by atoms with E-state index in [-0.39, 0.29) is 71.7 Å². The third-order valence-corrected chi connectivity index (χ3v) is 4.86. The molecule has 2 amide bonds. The van der Waals surface area contributed by atoms with Gasteiger partial charge in [0.2, 0.25) is 0 Å². The Morgan fingerprint density at radius 3 is 1.79 bits per heavy atom. The molecule has 2 heterocycles. The van der Waals surface area contributed by atoms with E-state index in [1.165, 1.54) is 0 Å². The van der Waals surface area contributed by atoms with Crippen molar-refractivity contribution in [3.63, 3.8) is 0 Å². The van der Waals surface area contributed by atoms with E-state index < -0.39 is 36.7 Å². The van der Waals surface area contributed by atoms with Gasteiger partial charge < -0.3 is 60.7 Å². The largest absolute Gasteiger partial charge is 0.508 e. The Morgan fingerprint density at radius 1 is 0.952 bits per heavy atom. The Kier molecular flexibility index (Phi) is 20.3. The normalized spacial score (nSPS) is 18.9. The van der Waals surface area contributed by atoms with Gasteiger partial charge in [0, 0.05) is 14.5 Å². The SMILES string of the molecule is C.CC(C)(C)CC(O)COC(=O)NCNC(=O)OC(CO)CC(C)(C)C.NCN.O=C1OCC(CC2COC(=O)O2)O1.[2HH]. The summed E-state index contributed by atoms with van der Waals surface area (Å²) in [4.78, 5) is 44.1. The fourth-order valence-corrected chi connectivity index (χ4v) is 3.45. The maximum absolute atomic E-state index is 11.6. The highest BCUT2D eigenvalue weighted by Crippen LogP contribution is 2.22. The van der Waals surface area contributed by atoms with E-state index in [0.717, 1.165) is 0 Å². The van der Waals surface area contributed by atoms with Crippen LogP contribution in [0.5, 0.6) is 0 Å². The first-order valence-electron chi connectivity index (χ1n) is 13.2. The van der Waals surface area contributed by atoms with Gasteiger partial charge in [-0.3, -0.25) is 0 Å². The van der Waals surface area contributed by atoms with Crippen molar-refractivity contribution in [2.75, 3.05) is 39.8 Å². The van der Waals surface area contributed by atoms with Gasteiger partial charge in [0.1, 0.15) is 38.1 Å². The summed E-state index contributed by atoms with van der Waals surface area (Å²) in [6.07, 6.45) is -3.40. The van der Waals surface area contributed by atoms with Crippen molar-refractivity contribution >= 4 is 24.5 Å². The molecule has 4 atom stereocenters. The maximum atomic E-state index is 11.6. The number of amides is 2. The lowest BCUT2D eigenvalue weighted by atomic mass is 9.89. The standard InChI is InChI=1S/C17H34N2O6.C7H8O6.CH6N2.CH4.H2/c1-16(2,3)7-12(21)10-24-14(22)18-11-19-15(23)25-13(9-20)8-17(4,5)6;8-6-10-2-4(12-6)1-5-3-11-7(9)13-5;2-1-3;;/h12-13,20-21H,7-11H2,1-6H3,(H,18,22)(H,19,23);4-5H,1-3H2;1-3H2;1H4;1H/i;;;;1+1. The van der Waals surface area contributed by atoms with Crippen LogP contribution in [-0.2, 0) is 28.4 Å². The van der Waals surface area contributed by atoms with Crippen LogP contribution in [0.15, 0.2) is 0 Å². The summed E-state index contributed by atoms with van der Waals surface area (Å²) in [6.45, 7) is 12.0. The van der Waals surface area contributed by atoms with Crippen molar-refractivity contribution in [1.29, 1.82) is 0 Å². The number of aliphatic hydroxyl groups excluding tert-OH is 2. The van der Waals surface area contributed by atoms with Crippen molar-refractivity contribution in [3.05, 3.63) is 0 Å². The zero-order valence-electron chi connectivity index (χ0n) is 24.8. The van der Waals surface area contributed by atoms with Crippen molar-refractivity contribution in [1.82, 2.24) is 10.6 Å². The van der Waals surface area contributed by atoms with Gasteiger partial charge in [-0.15, -0.1) is 0 Å². The Hall–Kier alpha value is -3.08. The number of rotatable bonds is 10. The third kappa shape index (κ3) is 22.6. The molecule has 0 aliphatic carbocycles. The van der Waals surface area contributed by atoms with Gasteiger partial charge in [-0.25, -0.2) is 19.2 Å². The number of cyclic esters (lactones) is 4. The number of nitrogens with one attached hydrogen (secondary N) is 2. The van der Waals surface area contributed by atoms with E-state index in [1.54, 1.807) is 0 Å². The Morgan fingerprint density at radius 2 is 1.40 bits per heavy atom. The van der Waals surface area contributed by atoms with Gasteiger partial charge in [-0.2, -0.15) is 0 Å². The molecule has 0 aromatic carbocycles. The minimum absolute atomic E-state index is 0. The summed E-state index contributed by atoms with van der Waals surface area (Å²) in [7, 11) is 0. The molecular weight excluding hydrogens is 560 g/mol. The summed E-state index contributed by atoms with van der Waals surface area (Å²) in [5, 5.41) is 23.7. The topological polar surface area (TPSA) is 240 Å². The van der Waals surface area contributed by atoms with Crippen LogP contribution in [0, 0.1) is 10.8 Å². The lowest BCUT2D eigenvalue weighted by Crippen LogP contribution is -2.40. The molecule has 2 aliphatic heterocycles. The molecule has 8 N–H and O–H groups in total. The lowest BCUT2D eigenvalue weighted by molar-refractivity contribution is 0.0328. The lowest BCUT2D eigenvalue weighted by Gasteiger charge is -2.24. The molecule has 2 fully saturated rings. The van der Waals surface area contributed by atoms with Gasteiger partial charge >= 0.3 is 24.5 Å². The molecule has 16 nitrogen and oxygen atoms in total. The molecule has 16 heteroatoms. The van der Waals surface area contributed by atoms with Crippen LogP contribution < -0.4 is 22.1 Å². The molecule has 0 radical (unpaired) electrons. The average Bonchev–Trinajstić information content (AvgIpc) is 3.43. The van der Waals surface area contributed by atoms with Gasteiger partial charge in [0.25, 0.3) is 0 Å². The highest BCUT2D eigenvalue weighted by atomic mass is 16.8. The number of hydrogen-bond donors (Lipinski definition) is 6. The molecule has 2 aliphatic rings. The van der Waals surface area contributed by atoms with E-state index in [2.05, 4.69) is 31.6 Å². The van der Waals surface area contributed by atoms with E-state index >= 15 is 0 Å². The zero-order valence-corrected chi connectivity index (χ0v) is 24.8. The van der Waals surface area contributed by atoms with E-state index in [4.69, 9.17) is 18.9 Å². The van der Waals surface area contributed by atoms with Gasteiger partial charge in [-0.05, 0) is 23.7 Å². The Bertz CT molecular complexity index is 784. The Balaban J connectivity index is -0.000000740. The minimum Gasteiger partial charge on any atom is -0.447 e. The molecular formula is C26H54N4O12. The monoisotopic (exact) mass is 615 g/mol. The molecule has 0 bridgehead atoms. The molecule has 0 aromatic rings. The van der Waals surface area contributed by atoms with Crippen LogP contribution in [0.25, 0.3) is 0 Å². The summed E-state index contributed by atoms with van der Waals surface area (Å²) in [5.74, 6) is 0. The minimum atomic E-state index is -0.748. The smallest absolute Gasteiger partial charge is 0.447 e.